The highest BCUT2D eigenvalue weighted by Crippen LogP contribution is 2.14. The molecule has 0 saturated heterocycles. The Labute approximate surface area is 84.5 Å². The van der Waals surface area contributed by atoms with Crippen LogP contribution in [-0.4, -0.2) is 10.9 Å². The Balaban J connectivity index is 2.82. The van der Waals surface area contributed by atoms with Crippen LogP contribution in [0.15, 0.2) is 24.5 Å². The third kappa shape index (κ3) is 3.19. The Morgan fingerprint density at radius 2 is 2.31 bits per heavy atom. The zero-order valence-electron chi connectivity index (χ0n) is 8.05. The van der Waals surface area contributed by atoms with E-state index in [-0.39, 0.29) is 0 Å². The van der Waals surface area contributed by atoms with Crippen molar-refractivity contribution in [2.75, 3.05) is 5.88 Å². The maximum absolute atomic E-state index is 5.60. The lowest BCUT2D eigenvalue weighted by Crippen LogP contribution is -1.84. The molecule has 0 bridgehead atoms. The molecule has 70 valence electrons. The predicted molar refractivity (Wildman–Crippen MR) is 58.0 cm³/mol. The van der Waals surface area contributed by atoms with E-state index in [4.69, 9.17) is 11.6 Å². The molecular weight excluding hydrogens is 182 g/mol. The van der Waals surface area contributed by atoms with Gasteiger partial charge >= 0.3 is 0 Å². The molecule has 1 aromatic rings. The summed E-state index contributed by atoms with van der Waals surface area (Å²) in [5.74, 6) is 0.677. The first-order valence-electron chi connectivity index (χ1n) is 4.39. The van der Waals surface area contributed by atoms with E-state index in [2.05, 4.69) is 24.1 Å². The first kappa shape index (κ1) is 10.3. The number of pyridine rings is 1. The molecule has 0 atom stereocenters. The highest BCUT2D eigenvalue weighted by molar-refractivity contribution is 6.17. The number of allylic oxidation sites excluding steroid dienone is 2. The van der Waals surface area contributed by atoms with E-state index in [9.17, 15) is 0 Å². The second-order valence-corrected chi connectivity index (χ2v) is 3.49. The topological polar surface area (TPSA) is 12.9 Å². The van der Waals surface area contributed by atoms with Crippen molar-refractivity contribution in [1.82, 2.24) is 4.98 Å². The average molecular weight is 196 g/mol. The fourth-order valence-electron chi connectivity index (χ4n) is 1.16. The van der Waals surface area contributed by atoms with Gasteiger partial charge in [-0.15, -0.1) is 11.6 Å². The monoisotopic (exact) mass is 195 g/mol. The number of aromatic nitrogens is 1. The Morgan fingerprint density at radius 1 is 1.54 bits per heavy atom. The summed E-state index contributed by atoms with van der Waals surface area (Å²) in [5.41, 5.74) is 3.62. The lowest BCUT2D eigenvalue weighted by atomic mass is 10.1. The summed E-state index contributed by atoms with van der Waals surface area (Å²) >= 11 is 5.60. The van der Waals surface area contributed by atoms with Crippen LogP contribution in [0.5, 0.6) is 0 Å². The van der Waals surface area contributed by atoms with Crippen LogP contribution in [0.25, 0.3) is 5.57 Å². The minimum atomic E-state index is 0.677. The van der Waals surface area contributed by atoms with Gasteiger partial charge in [-0.3, -0.25) is 4.98 Å². The maximum atomic E-state index is 5.60. The molecular formula is C11H14ClN. The van der Waals surface area contributed by atoms with Crippen LogP contribution < -0.4 is 0 Å². The fourth-order valence-corrected chi connectivity index (χ4v) is 1.27. The summed E-state index contributed by atoms with van der Waals surface area (Å²) in [6.45, 7) is 4.13. The molecule has 13 heavy (non-hydrogen) atoms. The van der Waals surface area contributed by atoms with E-state index in [0.717, 1.165) is 6.42 Å². The molecule has 1 aromatic heterocycles. The minimum absolute atomic E-state index is 0.677. The number of alkyl halides is 1. The molecule has 1 nitrogen and oxygen atoms in total. The summed E-state index contributed by atoms with van der Waals surface area (Å²) in [6.07, 6.45) is 6.80. The Bertz CT molecular complexity index is 305. The van der Waals surface area contributed by atoms with E-state index < -0.39 is 0 Å². The van der Waals surface area contributed by atoms with Crippen LogP contribution in [0.3, 0.4) is 0 Å². The molecule has 0 spiro atoms. The van der Waals surface area contributed by atoms with Crippen LogP contribution >= 0.6 is 11.6 Å². The highest BCUT2D eigenvalue weighted by atomic mass is 35.5. The summed E-state index contributed by atoms with van der Waals surface area (Å²) < 4.78 is 0. The molecule has 0 aliphatic carbocycles. The van der Waals surface area contributed by atoms with Crippen molar-refractivity contribution >= 4 is 17.2 Å². The summed E-state index contributed by atoms with van der Waals surface area (Å²) in [6, 6.07) is 2.13. The normalized spacial score (nSPS) is 11.8. The highest BCUT2D eigenvalue weighted by Gasteiger charge is 1.95. The van der Waals surface area contributed by atoms with Gasteiger partial charge in [0.1, 0.15) is 0 Å². The van der Waals surface area contributed by atoms with E-state index in [1.54, 1.807) is 0 Å². The molecule has 0 aromatic carbocycles. The second kappa shape index (κ2) is 5.03. The van der Waals surface area contributed by atoms with E-state index in [1.807, 2.05) is 19.3 Å². The smallest absolute Gasteiger partial charge is 0.0343 e. The third-order valence-corrected chi connectivity index (χ3v) is 2.11. The SMILES string of the molecule is C/C(=C/CCCl)c1cncc(C)c1. The molecule has 0 aliphatic heterocycles. The Hall–Kier alpha value is -0.820. The maximum Gasteiger partial charge on any atom is 0.0343 e. The van der Waals surface area contributed by atoms with Gasteiger partial charge in [-0.1, -0.05) is 6.08 Å². The zero-order chi connectivity index (χ0) is 9.68. The van der Waals surface area contributed by atoms with Crippen LogP contribution in [0.4, 0.5) is 0 Å². The van der Waals surface area contributed by atoms with Gasteiger partial charge in [0, 0.05) is 18.3 Å². The zero-order valence-corrected chi connectivity index (χ0v) is 8.80. The molecule has 0 aliphatic rings. The van der Waals surface area contributed by atoms with Gasteiger partial charge in [-0.2, -0.15) is 0 Å². The molecule has 2 heteroatoms. The summed E-state index contributed by atoms with van der Waals surface area (Å²) in [5, 5.41) is 0. The van der Waals surface area contributed by atoms with Gasteiger partial charge in [-0.05, 0) is 43.0 Å². The average Bonchev–Trinajstić information content (AvgIpc) is 2.14. The molecule has 0 fully saturated rings. The molecule has 0 amide bonds. The van der Waals surface area contributed by atoms with Gasteiger partial charge in [0.15, 0.2) is 0 Å². The number of aryl methyl sites for hydroxylation is 1. The molecule has 0 unspecified atom stereocenters. The van der Waals surface area contributed by atoms with Crippen molar-refractivity contribution in [3.05, 3.63) is 35.7 Å². The van der Waals surface area contributed by atoms with E-state index in [1.165, 1.54) is 16.7 Å². The van der Waals surface area contributed by atoms with Crippen LogP contribution in [0.1, 0.15) is 24.5 Å². The first-order valence-corrected chi connectivity index (χ1v) is 4.92. The van der Waals surface area contributed by atoms with Crippen molar-refractivity contribution < 1.29 is 0 Å². The summed E-state index contributed by atoms with van der Waals surface area (Å²) in [7, 11) is 0. The summed E-state index contributed by atoms with van der Waals surface area (Å²) in [4.78, 5) is 4.14. The third-order valence-electron chi connectivity index (χ3n) is 1.89. The standard InChI is InChI=1S/C11H14ClN/c1-9-6-11(8-13-7-9)10(2)4-3-5-12/h4,6-8H,3,5H2,1-2H3/b10-4-. The van der Waals surface area contributed by atoms with Crippen LogP contribution in [-0.2, 0) is 0 Å². The van der Waals surface area contributed by atoms with E-state index >= 15 is 0 Å². The first-order chi connectivity index (χ1) is 6.24. The largest absolute Gasteiger partial charge is 0.264 e. The fraction of sp³-hybridized carbons (Fsp3) is 0.364. The van der Waals surface area contributed by atoms with Crippen LogP contribution in [0, 0.1) is 6.92 Å². The van der Waals surface area contributed by atoms with Gasteiger partial charge in [0.05, 0.1) is 0 Å². The predicted octanol–water partition coefficient (Wildman–Crippen LogP) is 3.42. The van der Waals surface area contributed by atoms with Crippen molar-refractivity contribution in [3.63, 3.8) is 0 Å². The Morgan fingerprint density at radius 3 is 2.92 bits per heavy atom. The van der Waals surface area contributed by atoms with Gasteiger partial charge < -0.3 is 0 Å². The van der Waals surface area contributed by atoms with Crippen LogP contribution in [0.2, 0.25) is 0 Å². The molecule has 1 heterocycles. The van der Waals surface area contributed by atoms with Gasteiger partial charge in [0.25, 0.3) is 0 Å². The number of hydrogen-bond donors (Lipinski definition) is 0. The number of nitrogens with zero attached hydrogens (tertiary/aromatic N) is 1. The molecule has 0 radical (unpaired) electrons. The van der Waals surface area contributed by atoms with Gasteiger partial charge in [-0.25, -0.2) is 0 Å². The second-order valence-electron chi connectivity index (χ2n) is 3.12. The molecule has 0 saturated carbocycles. The number of halogens is 1. The Kier molecular flexibility index (Phi) is 3.97. The van der Waals surface area contributed by atoms with Gasteiger partial charge in [0.2, 0.25) is 0 Å². The molecule has 1 rings (SSSR count). The lowest BCUT2D eigenvalue weighted by Gasteiger charge is -2.01. The lowest BCUT2D eigenvalue weighted by molar-refractivity contribution is 1.21. The van der Waals surface area contributed by atoms with Crippen molar-refractivity contribution in [2.24, 2.45) is 0 Å². The molecule has 0 N–H and O–H groups in total. The number of rotatable bonds is 3. The minimum Gasteiger partial charge on any atom is -0.264 e. The van der Waals surface area contributed by atoms with Crippen molar-refractivity contribution in [2.45, 2.75) is 20.3 Å². The number of hydrogen-bond acceptors (Lipinski definition) is 1. The van der Waals surface area contributed by atoms with Crippen molar-refractivity contribution in [1.29, 1.82) is 0 Å². The van der Waals surface area contributed by atoms with Crippen molar-refractivity contribution in [3.8, 4) is 0 Å². The van der Waals surface area contributed by atoms with E-state index in [0.29, 0.717) is 5.88 Å². The quantitative estimate of drug-likeness (QED) is 0.674.